The van der Waals surface area contributed by atoms with Crippen LogP contribution in [0.15, 0.2) is 18.2 Å². The molecule has 1 fully saturated rings. The molecule has 1 N–H and O–H groups in total. The van der Waals surface area contributed by atoms with Crippen molar-refractivity contribution in [3.63, 3.8) is 0 Å². The fourth-order valence-corrected chi connectivity index (χ4v) is 3.19. The molecule has 0 amide bonds. The van der Waals surface area contributed by atoms with Crippen molar-refractivity contribution in [2.24, 2.45) is 5.41 Å². The molecule has 0 spiro atoms. The highest BCUT2D eigenvalue weighted by atomic mass is 19.1. The zero-order valence-corrected chi connectivity index (χ0v) is 12.3. The molecule has 1 heterocycles. The van der Waals surface area contributed by atoms with Gasteiger partial charge in [0, 0.05) is 6.54 Å². The first-order valence-electron chi connectivity index (χ1n) is 7.03. The molecule has 1 unspecified atom stereocenters. The van der Waals surface area contributed by atoms with E-state index >= 15 is 0 Å². The maximum Gasteiger partial charge on any atom is 0.321 e. The van der Waals surface area contributed by atoms with E-state index in [0.29, 0.717) is 6.54 Å². The summed E-state index contributed by atoms with van der Waals surface area (Å²) in [6.07, 6.45) is 1.88. The third-order valence-electron chi connectivity index (χ3n) is 4.29. The van der Waals surface area contributed by atoms with Gasteiger partial charge in [0.25, 0.3) is 0 Å². The van der Waals surface area contributed by atoms with Gasteiger partial charge in [-0.05, 0) is 55.0 Å². The summed E-state index contributed by atoms with van der Waals surface area (Å²) in [4.78, 5) is 13.6. The highest BCUT2D eigenvalue weighted by molar-refractivity contribution is 5.74. The Kier molecular flexibility index (Phi) is 4.14. The highest BCUT2D eigenvalue weighted by Crippen LogP contribution is 2.36. The van der Waals surface area contributed by atoms with Gasteiger partial charge in [-0.15, -0.1) is 0 Å². The zero-order valence-electron chi connectivity index (χ0n) is 12.3. The van der Waals surface area contributed by atoms with E-state index in [0.717, 1.165) is 30.5 Å². The van der Waals surface area contributed by atoms with Gasteiger partial charge in [0.2, 0.25) is 0 Å². The fraction of sp³-hybridized carbons (Fsp3) is 0.562. The molecule has 1 aliphatic rings. The van der Waals surface area contributed by atoms with Crippen LogP contribution in [0.25, 0.3) is 0 Å². The van der Waals surface area contributed by atoms with Crippen LogP contribution in [0.5, 0.6) is 0 Å². The summed E-state index contributed by atoms with van der Waals surface area (Å²) in [6, 6.07) is 4.18. The lowest BCUT2D eigenvalue weighted by Gasteiger charge is -2.44. The number of likely N-dealkylation sites (tertiary alicyclic amines) is 1. The number of halogens is 1. The van der Waals surface area contributed by atoms with Crippen LogP contribution in [0.3, 0.4) is 0 Å². The lowest BCUT2D eigenvalue weighted by Crippen LogP contribution is -2.53. The summed E-state index contributed by atoms with van der Waals surface area (Å²) >= 11 is 0. The topological polar surface area (TPSA) is 40.5 Å². The lowest BCUT2D eigenvalue weighted by atomic mass is 9.76. The van der Waals surface area contributed by atoms with Crippen molar-refractivity contribution in [3.8, 4) is 0 Å². The number of carboxylic acids is 1. The van der Waals surface area contributed by atoms with Gasteiger partial charge in [0.15, 0.2) is 0 Å². The molecule has 0 radical (unpaired) electrons. The number of nitrogens with zero attached hydrogens (tertiary/aromatic N) is 1. The average Bonchev–Trinajstić information content (AvgIpc) is 2.32. The normalized spacial score (nSPS) is 22.7. The van der Waals surface area contributed by atoms with E-state index in [1.54, 1.807) is 6.07 Å². The summed E-state index contributed by atoms with van der Waals surface area (Å²) in [5, 5.41) is 9.53. The molecule has 3 nitrogen and oxygen atoms in total. The van der Waals surface area contributed by atoms with E-state index in [-0.39, 0.29) is 11.2 Å². The molecule has 110 valence electrons. The van der Waals surface area contributed by atoms with Crippen LogP contribution in [0, 0.1) is 18.2 Å². The van der Waals surface area contributed by atoms with Gasteiger partial charge in [-0.25, -0.2) is 4.39 Å². The maximum atomic E-state index is 13.4. The van der Waals surface area contributed by atoms with Gasteiger partial charge in [-0.1, -0.05) is 19.9 Å². The van der Waals surface area contributed by atoms with Crippen molar-refractivity contribution in [1.82, 2.24) is 4.90 Å². The van der Waals surface area contributed by atoms with Crippen molar-refractivity contribution in [3.05, 3.63) is 35.1 Å². The first-order valence-corrected chi connectivity index (χ1v) is 7.03. The predicted molar refractivity (Wildman–Crippen MR) is 76.0 cm³/mol. The number of carboxylic acid groups (broad SMARTS) is 1. The van der Waals surface area contributed by atoms with E-state index < -0.39 is 12.0 Å². The average molecular weight is 279 g/mol. The zero-order chi connectivity index (χ0) is 14.9. The second-order valence-electron chi connectivity index (χ2n) is 6.37. The maximum absolute atomic E-state index is 13.4. The molecule has 0 aliphatic carbocycles. The Bertz CT molecular complexity index is 513. The second-order valence-corrected chi connectivity index (χ2v) is 6.37. The van der Waals surface area contributed by atoms with Crippen LogP contribution in [0.2, 0.25) is 0 Å². The third-order valence-corrected chi connectivity index (χ3v) is 4.29. The van der Waals surface area contributed by atoms with Crippen molar-refractivity contribution < 1.29 is 14.3 Å². The first-order chi connectivity index (χ1) is 9.31. The first kappa shape index (κ1) is 15.0. The molecule has 1 atom stereocenters. The van der Waals surface area contributed by atoms with Crippen LogP contribution < -0.4 is 0 Å². The number of benzene rings is 1. The molecular weight excluding hydrogens is 257 g/mol. The molecule has 0 bridgehead atoms. The Hall–Kier alpha value is -1.42. The van der Waals surface area contributed by atoms with Crippen LogP contribution in [0.1, 0.15) is 37.8 Å². The Labute approximate surface area is 119 Å². The molecule has 1 saturated heterocycles. The van der Waals surface area contributed by atoms with Crippen molar-refractivity contribution in [1.29, 1.82) is 0 Å². The van der Waals surface area contributed by atoms with Crippen LogP contribution in [0.4, 0.5) is 4.39 Å². The van der Waals surface area contributed by atoms with Gasteiger partial charge in [-0.3, -0.25) is 9.69 Å². The highest BCUT2D eigenvalue weighted by Gasteiger charge is 2.42. The minimum Gasteiger partial charge on any atom is -0.480 e. The van der Waals surface area contributed by atoms with E-state index in [1.165, 1.54) is 12.1 Å². The summed E-state index contributed by atoms with van der Waals surface area (Å²) in [5.41, 5.74) is 1.61. The number of aryl methyl sites for hydroxylation is 1. The Morgan fingerprint density at radius 1 is 1.50 bits per heavy atom. The van der Waals surface area contributed by atoms with Gasteiger partial charge in [0.1, 0.15) is 11.9 Å². The molecule has 20 heavy (non-hydrogen) atoms. The molecular formula is C16H22FNO2. The van der Waals surface area contributed by atoms with E-state index in [9.17, 15) is 14.3 Å². The van der Waals surface area contributed by atoms with E-state index in [4.69, 9.17) is 0 Å². The summed E-state index contributed by atoms with van der Waals surface area (Å²) < 4.78 is 13.4. The second kappa shape index (κ2) is 5.52. The minimum atomic E-state index is -0.788. The predicted octanol–water partition coefficient (Wildman–Crippen LogP) is 3.21. The summed E-state index contributed by atoms with van der Waals surface area (Å²) in [5.74, 6) is -1.06. The summed E-state index contributed by atoms with van der Waals surface area (Å²) in [7, 11) is 0. The molecule has 4 heteroatoms. The monoisotopic (exact) mass is 279 g/mol. The van der Waals surface area contributed by atoms with Crippen molar-refractivity contribution in [2.45, 2.75) is 46.2 Å². The molecule has 2 rings (SSSR count). The quantitative estimate of drug-likeness (QED) is 0.923. The Morgan fingerprint density at radius 3 is 2.85 bits per heavy atom. The number of hydrogen-bond acceptors (Lipinski definition) is 2. The number of hydrogen-bond donors (Lipinski definition) is 1. The standard InChI is InChI=1S/C16H22FNO2/c1-11-5-6-13(17)9-12(11)10-18-8-4-7-16(2,3)14(18)15(19)20/h5-6,9,14H,4,7-8,10H2,1-3H3,(H,19,20). The number of aliphatic carboxylic acids is 1. The SMILES string of the molecule is Cc1ccc(F)cc1CN1CCCC(C)(C)C1C(=O)O. The number of carbonyl (C=O) groups is 1. The Balaban J connectivity index is 2.26. The number of piperidine rings is 1. The number of rotatable bonds is 3. The van der Waals surface area contributed by atoms with Gasteiger partial charge >= 0.3 is 5.97 Å². The third kappa shape index (κ3) is 3.01. The van der Waals surface area contributed by atoms with Crippen LogP contribution in [-0.2, 0) is 11.3 Å². The fourth-order valence-electron chi connectivity index (χ4n) is 3.19. The van der Waals surface area contributed by atoms with Crippen LogP contribution in [-0.4, -0.2) is 28.6 Å². The molecule has 0 aromatic heterocycles. The van der Waals surface area contributed by atoms with Gasteiger partial charge in [0.05, 0.1) is 0 Å². The van der Waals surface area contributed by atoms with E-state index in [1.807, 2.05) is 25.7 Å². The van der Waals surface area contributed by atoms with Gasteiger partial charge < -0.3 is 5.11 Å². The molecule has 0 saturated carbocycles. The van der Waals surface area contributed by atoms with E-state index in [2.05, 4.69) is 0 Å². The van der Waals surface area contributed by atoms with Crippen molar-refractivity contribution in [2.75, 3.05) is 6.54 Å². The van der Waals surface area contributed by atoms with Crippen LogP contribution >= 0.6 is 0 Å². The minimum absolute atomic E-state index is 0.259. The summed E-state index contributed by atoms with van der Waals surface area (Å²) in [6.45, 7) is 7.16. The van der Waals surface area contributed by atoms with Crippen molar-refractivity contribution >= 4 is 5.97 Å². The molecule has 1 aromatic carbocycles. The molecule has 1 aliphatic heterocycles. The lowest BCUT2D eigenvalue weighted by molar-refractivity contribution is -0.151. The van der Waals surface area contributed by atoms with Gasteiger partial charge in [-0.2, -0.15) is 0 Å². The largest absolute Gasteiger partial charge is 0.480 e. The Morgan fingerprint density at radius 2 is 2.20 bits per heavy atom. The molecule has 1 aromatic rings. The smallest absolute Gasteiger partial charge is 0.321 e.